The van der Waals surface area contributed by atoms with Crippen LogP contribution in [-0.4, -0.2) is 49.8 Å². The van der Waals surface area contributed by atoms with Gasteiger partial charge < -0.3 is 9.80 Å². The van der Waals surface area contributed by atoms with Crippen LogP contribution in [0.2, 0.25) is 0 Å². The first-order chi connectivity index (χ1) is 12.4. The highest BCUT2D eigenvalue weighted by Gasteiger charge is 2.58. The first kappa shape index (κ1) is 18.2. The largest absolute Gasteiger partial charge is 0.349 e. The molecular weight excluding hydrogens is 324 g/mol. The number of nitrogens with zero attached hydrogens (tertiary/aromatic N) is 2. The molecule has 1 saturated carbocycles. The molecule has 2 aromatic carbocycles. The first-order valence-corrected chi connectivity index (χ1v) is 8.95. The van der Waals surface area contributed by atoms with Crippen LogP contribution in [0.3, 0.4) is 0 Å². The van der Waals surface area contributed by atoms with Gasteiger partial charge in [-0.3, -0.25) is 9.59 Å². The van der Waals surface area contributed by atoms with Crippen LogP contribution in [0, 0.1) is 11.8 Å². The Morgan fingerprint density at radius 1 is 0.615 bits per heavy atom. The van der Waals surface area contributed by atoms with Crippen molar-refractivity contribution in [3.63, 3.8) is 0 Å². The number of rotatable bonds is 4. The van der Waals surface area contributed by atoms with Gasteiger partial charge in [0, 0.05) is 40.0 Å². The zero-order valence-corrected chi connectivity index (χ0v) is 15.8. The van der Waals surface area contributed by atoms with Crippen LogP contribution in [0.5, 0.6) is 0 Å². The van der Waals surface area contributed by atoms with Gasteiger partial charge in [0.1, 0.15) is 0 Å². The van der Waals surface area contributed by atoms with E-state index in [1.54, 1.807) is 38.0 Å². The van der Waals surface area contributed by atoms with Gasteiger partial charge >= 0.3 is 0 Å². The monoisotopic (exact) mass is 350 g/mol. The topological polar surface area (TPSA) is 40.6 Å². The molecule has 4 heteroatoms. The van der Waals surface area contributed by atoms with E-state index >= 15 is 0 Å². The Labute approximate surface area is 155 Å². The van der Waals surface area contributed by atoms with Crippen molar-refractivity contribution in [1.82, 2.24) is 9.80 Å². The van der Waals surface area contributed by atoms with Crippen molar-refractivity contribution in [3.05, 3.63) is 71.8 Å². The van der Waals surface area contributed by atoms with E-state index in [-0.39, 0.29) is 35.5 Å². The normalized spacial score (nSPS) is 24.5. The molecule has 136 valence electrons. The maximum Gasteiger partial charge on any atom is 0.226 e. The average Bonchev–Trinajstić information content (AvgIpc) is 2.62. The second-order valence-corrected chi connectivity index (χ2v) is 7.39. The molecule has 1 aliphatic carbocycles. The van der Waals surface area contributed by atoms with Crippen LogP contribution in [0.25, 0.3) is 0 Å². The minimum absolute atomic E-state index is 0.00222. The summed E-state index contributed by atoms with van der Waals surface area (Å²) in [6.07, 6.45) is 0. The summed E-state index contributed by atoms with van der Waals surface area (Å²) in [6.45, 7) is 0. The standard InChI is InChI=1S/C22H26N2O2/c1-23(2)21(25)19-17(15-11-7-5-8-12-15)18(16-13-9-6-10-14-16)20(19)22(26)24(3)4/h5-14,17-20H,1-4H3/t17-,18-,19+,20+/m0/s1. The van der Waals surface area contributed by atoms with Crippen LogP contribution in [-0.2, 0) is 9.59 Å². The molecule has 1 aliphatic rings. The molecular formula is C22H26N2O2. The summed E-state index contributed by atoms with van der Waals surface area (Å²) in [5.74, 6) is -0.637. The number of carbonyl (C=O) groups is 2. The van der Waals surface area contributed by atoms with Gasteiger partial charge in [0.15, 0.2) is 0 Å². The van der Waals surface area contributed by atoms with Gasteiger partial charge in [-0.1, -0.05) is 60.7 Å². The van der Waals surface area contributed by atoms with Crippen molar-refractivity contribution in [1.29, 1.82) is 0 Å². The molecule has 2 aromatic rings. The van der Waals surface area contributed by atoms with E-state index in [2.05, 4.69) is 24.3 Å². The van der Waals surface area contributed by atoms with Crippen LogP contribution < -0.4 is 0 Å². The van der Waals surface area contributed by atoms with Crippen molar-refractivity contribution in [2.45, 2.75) is 11.8 Å². The van der Waals surface area contributed by atoms with Gasteiger partial charge in [0.2, 0.25) is 11.8 Å². The number of carbonyl (C=O) groups excluding carboxylic acids is 2. The van der Waals surface area contributed by atoms with Gasteiger partial charge in [-0.15, -0.1) is 0 Å². The molecule has 0 N–H and O–H groups in total. The maximum atomic E-state index is 13.0. The smallest absolute Gasteiger partial charge is 0.226 e. The Morgan fingerprint density at radius 3 is 1.19 bits per heavy atom. The molecule has 4 atom stereocenters. The fourth-order valence-corrected chi connectivity index (χ4v) is 4.14. The van der Waals surface area contributed by atoms with E-state index in [0.29, 0.717) is 0 Å². The number of amides is 2. The third-order valence-electron chi connectivity index (χ3n) is 5.37. The molecule has 3 rings (SSSR count). The van der Waals surface area contributed by atoms with Gasteiger partial charge in [-0.05, 0) is 11.1 Å². The van der Waals surface area contributed by atoms with Crippen LogP contribution in [0.4, 0.5) is 0 Å². The molecule has 1 fully saturated rings. The van der Waals surface area contributed by atoms with E-state index in [1.165, 1.54) is 0 Å². The van der Waals surface area contributed by atoms with Crippen molar-refractivity contribution in [2.75, 3.05) is 28.2 Å². The summed E-state index contributed by atoms with van der Waals surface area (Å²) in [7, 11) is 7.05. The van der Waals surface area contributed by atoms with E-state index in [1.807, 2.05) is 36.4 Å². The summed E-state index contributed by atoms with van der Waals surface area (Å²) in [4.78, 5) is 29.2. The fraction of sp³-hybridized carbons (Fsp3) is 0.364. The predicted octanol–water partition coefficient (Wildman–Crippen LogP) is 2.98. The third kappa shape index (κ3) is 3.12. The van der Waals surface area contributed by atoms with Gasteiger partial charge in [0.25, 0.3) is 0 Å². The molecule has 0 aromatic heterocycles. The minimum Gasteiger partial charge on any atom is -0.349 e. The molecule has 0 spiro atoms. The Kier molecular flexibility index (Phi) is 5.12. The van der Waals surface area contributed by atoms with Crippen LogP contribution in [0.1, 0.15) is 23.0 Å². The Hall–Kier alpha value is -2.62. The van der Waals surface area contributed by atoms with Crippen molar-refractivity contribution in [2.24, 2.45) is 11.8 Å². The second-order valence-electron chi connectivity index (χ2n) is 7.39. The zero-order chi connectivity index (χ0) is 18.8. The highest BCUT2D eigenvalue weighted by atomic mass is 16.2. The highest BCUT2D eigenvalue weighted by molar-refractivity contribution is 5.91. The molecule has 0 saturated heterocycles. The average molecular weight is 350 g/mol. The summed E-state index contributed by atoms with van der Waals surface area (Å²) < 4.78 is 0. The lowest BCUT2D eigenvalue weighted by atomic mass is 9.51. The quantitative estimate of drug-likeness (QED) is 0.851. The molecule has 0 heterocycles. The fourth-order valence-electron chi connectivity index (χ4n) is 4.14. The Morgan fingerprint density at radius 2 is 0.923 bits per heavy atom. The van der Waals surface area contributed by atoms with Crippen molar-refractivity contribution in [3.8, 4) is 0 Å². The number of hydrogen-bond acceptors (Lipinski definition) is 2. The molecule has 0 radical (unpaired) electrons. The van der Waals surface area contributed by atoms with Gasteiger partial charge in [0.05, 0.1) is 11.8 Å². The van der Waals surface area contributed by atoms with Gasteiger partial charge in [-0.2, -0.15) is 0 Å². The SMILES string of the molecule is CN(C)C(=O)[C@H]1[C@H](C(=O)N(C)C)[C@@H](c2ccccc2)[C@@H]1c1ccccc1. The lowest BCUT2D eigenvalue weighted by Gasteiger charge is -2.52. The second kappa shape index (κ2) is 7.32. The predicted molar refractivity (Wildman–Crippen MR) is 103 cm³/mol. The first-order valence-electron chi connectivity index (χ1n) is 8.95. The maximum absolute atomic E-state index is 13.0. The summed E-state index contributed by atoms with van der Waals surface area (Å²) >= 11 is 0. The number of benzene rings is 2. The molecule has 4 nitrogen and oxygen atoms in total. The van der Waals surface area contributed by atoms with E-state index in [0.717, 1.165) is 11.1 Å². The molecule has 2 amide bonds. The molecule has 26 heavy (non-hydrogen) atoms. The van der Waals surface area contributed by atoms with Crippen LogP contribution >= 0.6 is 0 Å². The van der Waals surface area contributed by atoms with Gasteiger partial charge in [-0.25, -0.2) is 0 Å². The van der Waals surface area contributed by atoms with E-state index in [9.17, 15) is 9.59 Å². The molecule has 0 bridgehead atoms. The molecule has 0 unspecified atom stereocenters. The Bertz CT molecular complexity index is 704. The number of hydrogen-bond donors (Lipinski definition) is 0. The van der Waals surface area contributed by atoms with E-state index in [4.69, 9.17) is 0 Å². The Balaban J connectivity index is 2.10. The van der Waals surface area contributed by atoms with Crippen LogP contribution in [0.15, 0.2) is 60.7 Å². The lowest BCUT2D eigenvalue weighted by Crippen LogP contribution is -2.56. The summed E-state index contributed by atoms with van der Waals surface area (Å²) in [5.41, 5.74) is 2.23. The van der Waals surface area contributed by atoms with Crippen molar-refractivity contribution < 1.29 is 9.59 Å². The lowest BCUT2D eigenvalue weighted by molar-refractivity contribution is -0.153. The minimum atomic E-state index is -0.340. The summed E-state index contributed by atoms with van der Waals surface area (Å²) in [6, 6.07) is 20.2. The van der Waals surface area contributed by atoms with E-state index < -0.39 is 0 Å². The van der Waals surface area contributed by atoms with Crippen molar-refractivity contribution >= 4 is 11.8 Å². The molecule has 0 aliphatic heterocycles. The third-order valence-corrected chi connectivity index (χ3v) is 5.37. The highest BCUT2D eigenvalue weighted by Crippen LogP contribution is 2.58. The summed E-state index contributed by atoms with van der Waals surface area (Å²) in [5, 5.41) is 0. The zero-order valence-electron chi connectivity index (χ0n) is 15.8.